The molecule has 2 aromatic carbocycles. The Hall–Kier alpha value is -2.51. The fraction of sp³-hybridized carbons (Fsp3) is 0.435. The number of hydrogen-bond acceptors (Lipinski definition) is 4. The van der Waals surface area contributed by atoms with E-state index in [2.05, 4.69) is 9.80 Å². The monoisotopic (exact) mass is 417 g/mol. The largest absolute Gasteiger partial charge is 0.494 e. The standard InChI is InChI=1S/C23H29F2N3O2/c1-17(23(29)26(2)15-18-5-4-6-20(24)13-18)28-11-9-27(10-12-28)16-19-7-8-22(30-3)21(25)14-19/h4-8,13-14,17H,9-12,15-16H2,1-3H3. The zero-order chi connectivity index (χ0) is 21.7. The Morgan fingerprint density at radius 1 is 1.10 bits per heavy atom. The van der Waals surface area contributed by atoms with Crippen LogP contribution in [0.5, 0.6) is 5.75 Å². The number of carbonyl (C=O) groups excluding carboxylic acids is 1. The number of nitrogens with zero attached hydrogens (tertiary/aromatic N) is 3. The maximum absolute atomic E-state index is 13.9. The van der Waals surface area contributed by atoms with Gasteiger partial charge in [-0.15, -0.1) is 0 Å². The minimum atomic E-state index is -0.353. The van der Waals surface area contributed by atoms with E-state index in [1.165, 1.54) is 25.3 Å². The first-order valence-corrected chi connectivity index (χ1v) is 10.2. The Morgan fingerprint density at radius 3 is 2.47 bits per heavy atom. The zero-order valence-corrected chi connectivity index (χ0v) is 17.8. The number of carbonyl (C=O) groups is 1. The molecular formula is C23H29F2N3O2. The average Bonchev–Trinajstić information content (AvgIpc) is 2.73. The summed E-state index contributed by atoms with van der Waals surface area (Å²) in [5, 5.41) is 0. The predicted octanol–water partition coefficient (Wildman–Crippen LogP) is 3.14. The van der Waals surface area contributed by atoms with Crippen LogP contribution in [0.25, 0.3) is 0 Å². The summed E-state index contributed by atoms with van der Waals surface area (Å²) < 4.78 is 32.2. The van der Waals surface area contributed by atoms with Gasteiger partial charge in [-0.05, 0) is 42.3 Å². The molecule has 1 fully saturated rings. The van der Waals surface area contributed by atoms with Crippen LogP contribution < -0.4 is 4.74 Å². The first kappa shape index (κ1) is 22.2. The summed E-state index contributed by atoms with van der Waals surface area (Å²) in [7, 11) is 3.20. The molecule has 5 nitrogen and oxygen atoms in total. The minimum absolute atomic E-state index is 0.0185. The van der Waals surface area contributed by atoms with Gasteiger partial charge in [0.2, 0.25) is 5.91 Å². The van der Waals surface area contributed by atoms with E-state index in [0.717, 1.165) is 37.3 Å². The van der Waals surface area contributed by atoms with Gasteiger partial charge < -0.3 is 9.64 Å². The van der Waals surface area contributed by atoms with Gasteiger partial charge in [-0.3, -0.25) is 14.6 Å². The molecule has 0 aliphatic carbocycles. The SMILES string of the molecule is COc1ccc(CN2CCN(C(C)C(=O)N(C)Cc3cccc(F)c3)CC2)cc1F. The third-order valence-electron chi connectivity index (χ3n) is 5.62. The molecule has 0 saturated carbocycles. The second kappa shape index (κ2) is 10.00. The molecule has 162 valence electrons. The van der Waals surface area contributed by atoms with E-state index < -0.39 is 0 Å². The number of hydrogen-bond donors (Lipinski definition) is 0. The lowest BCUT2D eigenvalue weighted by atomic mass is 10.1. The molecule has 1 atom stereocenters. The molecule has 0 bridgehead atoms. The Morgan fingerprint density at radius 2 is 1.83 bits per heavy atom. The van der Waals surface area contributed by atoms with Crippen molar-refractivity contribution in [2.75, 3.05) is 40.3 Å². The zero-order valence-electron chi connectivity index (χ0n) is 17.8. The summed E-state index contributed by atoms with van der Waals surface area (Å²) in [6, 6.07) is 11.1. The van der Waals surface area contributed by atoms with Crippen molar-refractivity contribution in [3.05, 3.63) is 65.2 Å². The van der Waals surface area contributed by atoms with Crippen LogP contribution in [-0.2, 0) is 17.9 Å². The van der Waals surface area contributed by atoms with E-state index in [1.54, 1.807) is 24.1 Å². The highest BCUT2D eigenvalue weighted by Gasteiger charge is 2.27. The maximum Gasteiger partial charge on any atom is 0.239 e. The number of rotatable bonds is 7. The molecule has 1 saturated heterocycles. The first-order valence-electron chi connectivity index (χ1n) is 10.2. The summed E-state index contributed by atoms with van der Waals surface area (Å²) >= 11 is 0. The fourth-order valence-electron chi connectivity index (χ4n) is 3.84. The van der Waals surface area contributed by atoms with Gasteiger partial charge in [0.25, 0.3) is 0 Å². The number of methoxy groups -OCH3 is 1. The quantitative estimate of drug-likeness (QED) is 0.694. The molecule has 1 heterocycles. The van der Waals surface area contributed by atoms with Crippen molar-refractivity contribution in [3.63, 3.8) is 0 Å². The molecule has 7 heteroatoms. The lowest BCUT2D eigenvalue weighted by Gasteiger charge is -2.38. The highest BCUT2D eigenvalue weighted by atomic mass is 19.1. The van der Waals surface area contributed by atoms with Crippen molar-refractivity contribution in [2.24, 2.45) is 0 Å². The first-order chi connectivity index (χ1) is 14.4. The van der Waals surface area contributed by atoms with Crippen LogP contribution in [0.15, 0.2) is 42.5 Å². The lowest BCUT2D eigenvalue weighted by molar-refractivity contribution is -0.136. The smallest absolute Gasteiger partial charge is 0.239 e. The Labute approximate surface area is 176 Å². The van der Waals surface area contributed by atoms with Gasteiger partial charge in [0.15, 0.2) is 11.6 Å². The van der Waals surface area contributed by atoms with Gasteiger partial charge in [-0.25, -0.2) is 8.78 Å². The lowest BCUT2D eigenvalue weighted by Crippen LogP contribution is -2.53. The normalized spacial score (nSPS) is 16.3. The van der Waals surface area contributed by atoms with Crippen LogP contribution in [-0.4, -0.2) is 67.0 Å². The molecule has 1 aliphatic heterocycles. The van der Waals surface area contributed by atoms with E-state index in [4.69, 9.17) is 4.74 Å². The maximum atomic E-state index is 13.9. The second-order valence-electron chi connectivity index (χ2n) is 7.78. The van der Waals surface area contributed by atoms with Crippen LogP contribution in [0.4, 0.5) is 8.78 Å². The summed E-state index contributed by atoms with van der Waals surface area (Å²) in [5.74, 6) is -0.383. The van der Waals surface area contributed by atoms with Gasteiger partial charge in [0.05, 0.1) is 13.2 Å². The topological polar surface area (TPSA) is 36.0 Å². The van der Waals surface area contributed by atoms with Crippen LogP contribution in [0.1, 0.15) is 18.1 Å². The summed E-state index contributed by atoms with van der Waals surface area (Å²) in [4.78, 5) is 18.9. The highest BCUT2D eigenvalue weighted by Crippen LogP contribution is 2.19. The number of benzene rings is 2. The van der Waals surface area contributed by atoms with E-state index in [9.17, 15) is 13.6 Å². The number of ether oxygens (including phenoxy) is 1. The van der Waals surface area contributed by atoms with E-state index >= 15 is 0 Å². The number of piperazine rings is 1. The minimum Gasteiger partial charge on any atom is -0.494 e. The van der Waals surface area contributed by atoms with Crippen LogP contribution in [0, 0.1) is 11.6 Å². The van der Waals surface area contributed by atoms with Crippen LogP contribution in [0.3, 0.4) is 0 Å². The second-order valence-corrected chi connectivity index (χ2v) is 7.78. The fourth-order valence-corrected chi connectivity index (χ4v) is 3.84. The molecule has 1 aliphatic rings. The van der Waals surface area contributed by atoms with Crippen molar-refractivity contribution in [2.45, 2.75) is 26.1 Å². The predicted molar refractivity (Wildman–Crippen MR) is 112 cm³/mol. The van der Waals surface area contributed by atoms with Crippen molar-refractivity contribution in [3.8, 4) is 5.75 Å². The third-order valence-corrected chi connectivity index (χ3v) is 5.62. The van der Waals surface area contributed by atoms with Gasteiger partial charge in [-0.1, -0.05) is 18.2 Å². The average molecular weight is 418 g/mol. The van der Waals surface area contributed by atoms with Crippen molar-refractivity contribution >= 4 is 5.91 Å². The molecule has 0 aromatic heterocycles. The van der Waals surface area contributed by atoms with Crippen molar-refractivity contribution in [1.82, 2.24) is 14.7 Å². The van der Waals surface area contributed by atoms with Crippen LogP contribution >= 0.6 is 0 Å². The third kappa shape index (κ3) is 5.55. The van der Waals surface area contributed by atoms with Crippen molar-refractivity contribution < 1.29 is 18.3 Å². The Kier molecular flexibility index (Phi) is 7.39. The molecule has 1 unspecified atom stereocenters. The van der Waals surface area contributed by atoms with Gasteiger partial charge >= 0.3 is 0 Å². The molecule has 0 radical (unpaired) electrons. The molecule has 30 heavy (non-hydrogen) atoms. The van der Waals surface area contributed by atoms with E-state index in [0.29, 0.717) is 13.1 Å². The molecule has 3 rings (SSSR count). The van der Waals surface area contributed by atoms with Gasteiger partial charge in [0, 0.05) is 46.3 Å². The summed E-state index contributed by atoms with van der Waals surface area (Å²) in [5.41, 5.74) is 1.68. The molecular weight excluding hydrogens is 388 g/mol. The van der Waals surface area contributed by atoms with Crippen molar-refractivity contribution in [1.29, 1.82) is 0 Å². The Balaban J connectivity index is 1.50. The Bertz CT molecular complexity index is 869. The van der Waals surface area contributed by atoms with E-state index in [-0.39, 0.29) is 29.3 Å². The molecule has 0 N–H and O–H groups in total. The van der Waals surface area contributed by atoms with Gasteiger partial charge in [0.1, 0.15) is 5.82 Å². The molecule has 2 aromatic rings. The number of halogens is 2. The van der Waals surface area contributed by atoms with Gasteiger partial charge in [-0.2, -0.15) is 0 Å². The summed E-state index contributed by atoms with van der Waals surface area (Å²) in [6.45, 7) is 6.09. The highest BCUT2D eigenvalue weighted by molar-refractivity contribution is 5.81. The number of amides is 1. The van der Waals surface area contributed by atoms with E-state index in [1.807, 2.05) is 19.1 Å². The van der Waals surface area contributed by atoms with Crippen LogP contribution in [0.2, 0.25) is 0 Å². The molecule has 1 amide bonds. The summed E-state index contributed by atoms with van der Waals surface area (Å²) in [6.07, 6.45) is 0. The molecule has 0 spiro atoms. The number of likely N-dealkylation sites (N-methyl/N-ethyl adjacent to an activating group) is 1.